The van der Waals surface area contributed by atoms with Crippen LogP contribution in [-0.2, 0) is 20.0 Å². The first-order valence-electron chi connectivity index (χ1n) is 5.33. The zero-order valence-corrected chi connectivity index (χ0v) is 12.0. The minimum absolute atomic E-state index is 0.0877. The molecule has 2 N–H and O–H groups in total. The van der Waals surface area contributed by atoms with Gasteiger partial charge in [-0.2, -0.15) is 0 Å². The van der Waals surface area contributed by atoms with E-state index in [1.807, 2.05) is 0 Å². The number of nitrogens with zero attached hydrogens (tertiary/aromatic N) is 1. The number of nitrogens with two attached hydrogens (primary N) is 1. The van der Waals surface area contributed by atoms with Crippen LogP contribution in [0.5, 0.6) is 0 Å². The Kier molecular flexibility index (Phi) is 3.33. The number of benzene rings is 1. The molecule has 1 aliphatic heterocycles. The molecule has 1 amide bonds. The summed E-state index contributed by atoms with van der Waals surface area (Å²) in [6, 6.07) is 3.11. The van der Waals surface area contributed by atoms with Gasteiger partial charge in [0.25, 0.3) is 15.9 Å². The van der Waals surface area contributed by atoms with Gasteiger partial charge in [0.15, 0.2) is 0 Å². The van der Waals surface area contributed by atoms with Crippen molar-refractivity contribution in [1.82, 2.24) is 4.31 Å². The van der Waals surface area contributed by atoms with Crippen LogP contribution in [0.25, 0.3) is 0 Å². The van der Waals surface area contributed by atoms with Gasteiger partial charge in [0.05, 0.1) is 17.0 Å². The van der Waals surface area contributed by atoms with Gasteiger partial charge in [0, 0.05) is 0 Å². The van der Waals surface area contributed by atoms with E-state index in [1.165, 1.54) is 6.92 Å². The van der Waals surface area contributed by atoms with Crippen molar-refractivity contribution in [2.75, 3.05) is 6.54 Å². The lowest BCUT2D eigenvalue weighted by Crippen LogP contribution is -2.30. The summed E-state index contributed by atoms with van der Waals surface area (Å²) in [5.74, 6) is 4.25. The van der Waals surface area contributed by atoms with Crippen LogP contribution >= 0.6 is 0 Å². The number of primary sulfonamides is 1. The van der Waals surface area contributed by atoms with Crippen LogP contribution in [0.3, 0.4) is 0 Å². The molecule has 20 heavy (non-hydrogen) atoms. The second kappa shape index (κ2) is 4.59. The fourth-order valence-corrected chi connectivity index (χ4v) is 3.85. The average molecular weight is 314 g/mol. The van der Waals surface area contributed by atoms with E-state index in [0.717, 1.165) is 18.2 Å². The molecule has 0 radical (unpaired) electrons. The maximum Gasteiger partial charge on any atom is 0.269 e. The van der Waals surface area contributed by atoms with Crippen molar-refractivity contribution >= 4 is 26.0 Å². The number of fused-ring (bicyclic) bond motifs is 1. The zero-order chi connectivity index (χ0) is 15.1. The fourth-order valence-electron chi connectivity index (χ4n) is 1.74. The first-order chi connectivity index (χ1) is 9.19. The highest BCUT2D eigenvalue weighted by Gasteiger charge is 2.41. The molecule has 0 saturated heterocycles. The van der Waals surface area contributed by atoms with Crippen LogP contribution in [0.1, 0.15) is 17.3 Å². The SMILES string of the molecule is CC#CCN1C(=O)c2ccc(S(N)(=O)=O)cc2S1(=O)=O. The van der Waals surface area contributed by atoms with E-state index in [1.54, 1.807) is 0 Å². The predicted molar refractivity (Wildman–Crippen MR) is 69.5 cm³/mol. The normalized spacial score (nSPS) is 16.5. The summed E-state index contributed by atoms with van der Waals surface area (Å²) in [5, 5.41) is 4.95. The third-order valence-electron chi connectivity index (χ3n) is 2.71. The molecule has 1 aromatic carbocycles. The van der Waals surface area contributed by atoms with Gasteiger partial charge in [-0.15, -0.1) is 5.92 Å². The van der Waals surface area contributed by atoms with E-state index < -0.39 is 26.0 Å². The summed E-state index contributed by atoms with van der Waals surface area (Å²) in [6.45, 7) is 1.23. The predicted octanol–water partition coefficient (Wildman–Crippen LogP) is -0.498. The number of carbonyl (C=O) groups excluding carboxylic acids is 1. The first kappa shape index (κ1) is 14.5. The first-order valence-corrected chi connectivity index (χ1v) is 8.32. The monoisotopic (exact) mass is 314 g/mol. The fraction of sp³-hybridized carbons (Fsp3) is 0.182. The molecule has 0 aromatic heterocycles. The van der Waals surface area contributed by atoms with E-state index in [0.29, 0.717) is 4.31 Å². The molecule has 1 aliphatic rings. The summed E-state index contributed by atoms with van der Waals surface area (Å²) in [7, 11) is -8.14. The highest BCUT2D eigenvalue weighted by Crippen LogP contribution is 2.31. The second-order valence-corrected chi connectivity index (χ2v) is 7.34. The topological polar surface area (TPSA) is 115 Å². The second-order valence-electron chi connectivity index (χ2n) is 3.95. The highest BCUT2D eigenvalue weighted by molar-refractivity contribution is 7.90. The zero-order valence-electron chi connectivity index (χ0n) is 10.3. The molecule has 0 bridgehead atoms. The lowest BCUT2D eigenvalue weighted by molar-refractivity contribution is 0.0882. The molecular formula is C11H10N2O5S2. The van der Waals surface area contributed by atoms with Gasteiger partial charge in [-0.25, -0.2) is 26.3 Å². The number of amides is 1. The van der Waals surface area contributed by atoms with Crippen molar-refractivity contribution in [3.05, 3.63) is 23.8 Å². The van der Waals surface area contributed by atoms with Gasteiger partial charge in [-0.3, -0.25) is 4.79 Å². The molecule has 0 unspecified atom stereocenters. The van der Waals surface area contributed by atoms with E-state index in [-0.39, 0.29) is 21.9 Å². The van der Waals surface area contributed by atoms with Crippen LogP contribution in [0.2, 0.25) is 0 Å². The molecule has 0 spiro atoms. The van der Waals surface area contributed by atoms with Crippen molar-refractivity contribution in [3.63, 3.8) is 0 Å². The summed E-state index contributed by atoms with van der Waals surface area (Å²) < 4.78 is 47.4. The van der Waals surface area contributed by atoms with Crippen LogP contribution in [0.4, 0.5) is 0 Å². The Balaban J connectivity index is 2.65. The summed E-state index contributed by atoms with van der Waals surface area (Å²) in [4.78, 5) is 11.2. The smallest absolute Gasteiger partial charge is 0.268 e. The number of sulfonamides is 2. The maximum atomic E-state index is 12.2. The average Bonchev–Trinajstić information content (AvgIpc) is 2.54. The third-order valence-corrected chi connectivity index (χ3v) is 5.39. The number of hydrogen-bond acceptors (Lipinski definition) is 5. The molecule has 0 aliphatic carbocycles. The molecule has 9 heteroatoms. The van der Waals surface area contributed by atoms with Crippen LogP contribution in [0.15, 0.2) is 28.0 Å². The minimum atomic E-state index is -4.09. The Morgan fingerprint density at radius 1 is 1.35 bits per heavy atom. The van der Waals surface area contributed by atoms with Crippen molar-refractivity contribution in [2.45, 2.75) is 16.7 Å². The minimum Gasteiger partial charge on any atom is -0.268 e. The summed E-state index contributed by atoms with van der Waals surface area (Å²) in [5.41, 5.74) is -0.0877. The quantitative estimate of drug-likeness (QED) is 0.739. The van der Waals surface area contributed by atoms with Crippen LogP contribution in [-0.4, -0.2) is 33.6 Å². The molecule has 1 heterocycles. The number of rotatable bonds is 2. The lowest BCUT2D eigenvalue weighted by Gasteiger charge is -2.10. The van der Waals surface area contributed by atoms with Gasteiger partial charge in [-0.05, 0) is 25.1 Å². The molecule has 106 valence electrons. The Hall–Kier alpha value is -1.89. The van der Waals surface area contributed by atoms with Gasteiger partial charge in [0.2, 0.25) is 10.0 Å². The summed E-state index contributed by atoms with van der Waals surface area (Å²) in [6.07, 6.45) is 0. The Morgan fingerprint density at radius 2 is 2.00 bits per heavy atom. The number of carbonyl (C=O) groups is 1. The maximum absolute atomic E-state index is 12.2. The third kappa shape index (κ3) is 2.18. The molecule has 2 rings (SSSR count). The lowest BCUT2D eigenvalue weighted by atomic mass is 10.2. The van der Waals surface area contributed by atoms with E-state index in [2.05, 4.69) is 11.8 Å². The number of hydrogen-bond donors (Lipinski definition) is 1. The van der Waals surface area contributed by atoms with Crippen molar-refractivity contribution < 1.29 is 21.6 Å². The van der Waals surface area contributed by atoms with Crippen molar-refractivity contribution in [1.29, 1.82) is 0 Å². The molecule has 7 nitrogen and oxygen atoms in total. The molecule has 0 saturated carbocycles. The summed E-state index contributed by atoms with van der Waals surface area (Å²) >= 11 is 0. The largest absolute Gasteiger partial charge is 0.269 e. The van der Waals surface area contributed by atoms with Crippen molar-refractivity contribution in [3.8, 4) is 11.8 Å². The van der Waals surface area contributed by atoms with Crippen LogP contribution in [0, 0.1) is 11.8 Å². The molecule has 0 fully saturated rings. The van der Waals surface area contributed by atoms with Gasteiger partial charge in [-0.1, -0.05) is 5.92 Å². The van der Waals surface area contributed by atoms with Crippen molar-refractivity contribution in [2.24, 2.45) is 5.14 Å². The van der Waals surface area contributed by atoms with Gasteiger partial charge < -0.3 is 0 Å². The van der Waals surface area contributed by atoms with E-state index >= 15 is 0 Å². The van der Waals surface area contributed by atoms with Gasteiger partial charge in [0.1, 0.15) is 4.90 Å². The Labute approximate surface area is 116 Å². The molecule has 0 atom stereocenters. The Morgan fingerprint density at radius 3 is 2.55 bits per heavy atom. The van der Waals surface area contributed by atoms with E-state index in [9.17, 15) is 21.6 Å². The Bertz CT molecular complexity index is 860. The molecule has 1 aromatic rings. The van der Waals surface area contributed by atoms with Gasteiger partial charge >= 0.3 is 0 Å². The standard InChI is InChI=1S/C11H10N2O5S2/c1-2-3-6-13-11(14)9-5-4-8(19(12,15)16)7-10(9)20(13,17)18/h4-5,7H,6H2,1H3,(H2,12,15,16). The molecular weight excluding hydrogens is 304 g/mol. The van der Waals surface area contributed by atoms with Crippen LogP contribution < -0.4 is 5.14 Å². The van der Waals surface area contributed by atoms with E-state index in [4.69, 9.17) is 5.14 Å². The highest BCUT2D eigenvalue weighted by atomic mass is 32.2.